The van der Waals surface area contributed by atoms with Crippen molar-refractivity contribution in [3.63, 3.8) is 0 Å². The third-order valence-electron chi connectivity index (χ3n) is 5.07. The second-order valence-electron chi connectivity index (χ2n) is 6.90. The van der Waals surface area contributed by atoms with Crippen molar-refractivity contribution in [3.8, 4) is 0 Å². The van der Waals surface area contributed by atoms with Crippen molar-refractivity contribution in [2.45, 2.75) is 70.5 Å². The molecule has 1 saturated heterocycles. The highest BCUT2D eigenvalue weighted by atomic mass is 127. The molecule has 0 atom stereocenters. The van der Waals surface area contributed by atoms with E-state index in [4.69, 9.17) is 9.73 Å². The van der Waals surface area contributed by atoms with Crippen LogP contribution in [-0.2, 0) is 18.3 Å². The highest BCUT2D eigenvalue weighted by Gasteiger charge is 2.19. The van der Waals surface area contributed by atoms with E-state index < -0.39 is 0 Å². The van der Waals surface area contributed by atoms with E-state index in [9.17, 15) is 0 Å². The van der Waals surface area contributed by atoms with Crippen LogP contribution in [0.1, 0.15) is 56.6 Å². The molecule has 0 bridgehead atoms. The van der Waals surface area contributed by atoms with E-state index in [2.05, 4.69) is 20.8 Å². The van der Waals surface area contributed by atoms with Crippen LogP contribution < -0.4 is 10.6 Å². The van der Waals surface area contributed by atoms with Gasteiger partial charge in [0, 0.05) is 32.3 Å². The molecule has 25 heavy (non-hydrogen) atoms. The van der Waals surface area contributed by atoms with Gasteiger partial charge in [-0.25, -0.2) is 4.99 Å². The van der Waals surface area contributed by atoms with Crippen LogP contribution in [0.25, 0.3) is 0 Å². The normalized spacial score (nSPS) is 20.2. The SMILES string of the molecule is Cc1nnc(CN=C(NC2CCCCC2)NC2CCOCC2)n1C.I. The number of hydrogen-bond donors (Lipinski definition) is 2. The number of aryl methyl sites for hydroxylation is 1. The van der Waals surface area contributed by atoms with Gasteiger partial charge in [-0.3, -0.25) is 0 Å². The van der Waals surface area contributed by atoms with Gasteiger partial charge in [-0.15, -0.1) is 34.2 Å². The second-order valence-corrected chi connectivity index (χ2v) is 6.90. The summed E-state index contributed by atoms with van der Waals surface area (Å²) in [7, 11) is 1.99. The molecule has 7 nitrogen and oxygen atoms in total. The first-order valence-corrected chi connectivity index (χ1v) is 9.22. The van der Waals surface area contributed by atoms with Crippen molar-refractivity contribution >= 4 is 29.9 Å². The van der Waals surface area contributed by atoms with Crippen LogP contribution in [0.5, 0.6) is 0 Å². The molecule has 1 saturated carbocycles. The van der Waals surface area contributed by atoms with Crippen molar-refractivity contribution in [1.29, 1.82) is 0 Å². The van der Waals surface area contributed by atoms with Gasteiger partial charge in [-0.05, 0) is 32.6 Å². The Morgan fingerprint density at radius 2 is 1.72 bits per heavy atom. The molecule has 0 aromatic carbocycles. The Kier molecular flexibility index (Phi) is 8.41. The van der Waals surface area contributed by atoms with Crippen molar-refractivity contribution < 1.29 is 4.74 Å². The Morgan fingerprint density at radius 3 is 2.32 bits per heavy atom. The van der Waals surface area contributed by atoms with Gasteiger partial charge in [0.25, 0.3) is 0 Å². The fourth-order valence-corrected chi connectivity index (χ4v) is 3.35. The first-order valence-electron chi connectivity index (χ1n) is 9.22. The lowest BCUT2D eigenvalue weighted by molar-refractivity contribution is 0.0821. The third-order valence-corrected chi connectivity index (χ3v) is 5.07. The number of nitrogens with zero attached hydrogens (tertiary/aromatic N) is 4. The zero-order valence-corrected chi connectivity index (χ0v) is 17.7. The van der Waals surface area contributed by atoms with Gasteiger partial charge >= 0.3 is 0 Å². The number of guanidine groups is 1. The number of rotatable bonds is 4. The lowest BCUT2D eigenvalue weighted by Gasteiger charge is -2.29. The molecule has 3 rings (SSSR count). The molecule has 0 amide bonds. The summed E-state index contributed by atoms with van der Waals surface area (Å²) in [4.78, 5) is 4.79. The summed E-state index contributed by atoms with van der Waals surface area (Å²) >= 11 is 0. The zero-order chi connectivity index (χ0) is 16.8. The van der Waals surface area contributed by atoms with Gasteiger partial charge in [0.15, 0.2) is 11.8 Å². The maximum atomic E-state index is 5.46. The van der Waals surface area contributed by atoms with E-state index in [0.717, 1.165) is 43.7 Å². The number of aliphatic imine (C=N–C) groups is 1. The minimum Gasteiger partial charge on any atom is -0.381 e. The van der Waals surface area contributed by atoms with Gasteiger partial charge < -0.3 is 19.9 Å². The predicted molar refractivity (Wildman–Crippen MR) is 109 cm³/mol. The van der Waals surface area contributed by atoms with Crippen molar-refractivity contribution in [3.05, 3.63) is 11.6 Å². The molecule has 0 spiro atoms. The van der Waals surface area contributed by atoms with Crippen LogP contribution >= 0.6 is 24.0 Å². The Hall–Kier alpha value is -0.900. The van der Waals surface area contributed by atoms with Gasteiger partial charge in [-0.1, -0.05) is 19.3 Å². The Morgan fingerprint density at radius 1 is 1.08 bits per heavy atom. The summed E-state index contributed by atoms with van der Waals surface area (Å²) in [6, 6.07) is 0.973. The number of hydrogen-bond acceptors (Lipinski definition) is 4. The zero-order valence-electron chi connectivity index (χ0n) is 15.3. The minimum atomic E-state index is 0. The first kappa shape index (κ1) is 20.4. The van der Waals surface area contributed by atoms with E-state index in [1.54, 1.807) is 0 Å². The van der Waals surface area contributed by atoms with E-state index in [-0.39, 0.29) is 24.0 Å². The van der Waals surface area contributed by atoms with Crippen LogP contribution in [0.4, 0.5) is 0 Å². The quantitative estimate of drug-likeness (QED) is 0.408. The molecule has 2 heterocycles. The van der Waals surface area contributed by atoms with Gasteiger partial charge in [0.1, 0.15) is 12.4 Å². The van der Waals surface area contributed by atoms with E-state index in [0.29, 0.717) is 18.6 Å². The highest BCUT2D eigenvalue weighted by Crippen LogP contribution is 2.17. The Bertz CT molecular complexity index is 527. The van der Waals surface area contributed by atoms with Crippen LogP contribution in [0.15, 0.2) is 4.99 Å². The minimum absolute atomic E-state index is 0. The molecule has 0 radical (unpaired) electrons. The van der Waals surface area contributed by atoms with E-state index in [1.165, 1.54) is 32.1 Å². The van der Waals surface area contributed by atoms with Crippen molar-refractivity contribution in [2.24, 2.45) is 12.0 Å². The van der Waals surface area contributed by atoms with Crippen LogP contribution in [0.2, 0.25) is 0 Å². The third kappa shape index (κ3) is 6.09. The summed E-state index contributed by atoms with van der Waals surface area (Å²) in [5.74, 6) is 2.72. The molecular weight excluding hydrogens is 431 g/mol. The fraction of sp³-hybridized carbons (Fsp3) is 0.824. The second kappa shape index (κ2) is 10.3. The number of halogens is 1. The molecule has 2 aliphatic rings. The predicted octanol–water partition coefficient (Wildman–Crippen LogP) is 2.29. The molecule has 0 unspecified atom stereocenters. The molecule has 1 aliphatic carbocycles. The molecule has 1 aromatic rings. The van der Waals surface area contributed by atoms with Crippen LogP contribution in [0, 0.1) is 6.92 Å². The largest absolute Gasteiger partial charge is 0.381 e. The van der Waals surface area contributed by atoms with Gasteiger partial charge in [0.2, 0.25) is 0 Å². The molecule has 8 heteroatoms. The van der Waals surface area contributed by atoms with Gasteiger partial charge in [0.05, 0.1) is 0 Å². The van der Waals surface area contributed by atoms with Crippen LogP contribution in [-0.4, -0.2) is 46.0 Å². The summed E-state index contributed by atoms with van der Waals surface area (Å²) in [6.45, 7) is 4.16. The molecule has 1 aromatic heterocycles. The number of nitrogens with one attached hydrogen (secondary N) is 2. The molecular formula is C17H31IN6O. The molecule has 2 fully saturated rings. The molecule has 1 aliphatic heterocycles. The summed E-state index contributed by atoms with van der Waals surface area (Å²) in [5.41, 5.74) is 0. The average Bonchev–Trinajstić information content (AvgIpc) is 2.93. The Labute approximate surface area is 167 Å². The van der Waals surface area contributed by atoms with Crippen molar-refractivity contribution in [1.82, 2.24) is 25.4 Å². The van der Waals surface area contributed by atoms with E-state index >= 15 is 0 Å². The Balaban J connectivity index is 0.00000225. The highest BCUT2D eigenvalue weighted by molar-refractivity contribution is 14.0. The maximum absolute atomic E-state index is 5.46. The maximum Gasteiger partial charge on any atom is 0.192 e. The monoisotopic (exact) mass is 462 g/mol. The van der Waals surface area contributed by atoms with Crippen molar-refractivity contribution in [2.75, 3.05) is 13.2 Å². The topological polar surface area (TPSA) is 76.4 Å². The lowest BCUT2D eigenvalue weighted by Crippen LogP contribution is -2.49. The first-order chi connectivity index (χ1) is 11.7. The molecule has 2 N–H and O–H groups in total. The smallest absolute Gasteiger partial charge is 0.192 e. The summed E-state index contributed by atoms with van der Waals surface area (Å²) in [5, 5.41) is 15.6. The molecule has 142 valence electrons. The summed E-state index contributed by atoms with van der Waals surface area (Å²) in [6.07, 6.45) is 8.52. The average molecular weight is 462 g/mol. The standard InChI is InChI=1S/C17H30N6O.HI/c1-13-21-22-16(23(13)2)12-18-17(19-14-6-4-3-5-7-14)20-15-8-10-24-11-9-15;/h14-15H,3-12H2,1-2H3,(H2,18,19,20);1H. The number of ether oxygens (including phenoxy) is 1. The van der Waals surface area contributed by atoms with Gasteiger partial charge in [-0.2, -0.15) is 0 Å². The lowest BCUT2D eigenvalue weighted by atomic mass is 9.96. The van der Waals surface area contributed by atoms with E-state index in [1.807, 2.05) is 18.5 Å². The summed E-state index contributed by atoms with van der Waals surface area (Å²) < 4.78 is 7.45. The van der Waals surface area contributed by atoms with Crippen LogP contribution in [0.3, 0.4) is 0 Å². The number of aromatic nitrogens is 3. The fourth-order valence-electron chi connectivity index (χ4n) is 3.35.